The molecule has 3 nitrogen and oxygen atoms in total. The van der Waals surface area contributed by atoms with Crippen LogP contribution in [0.3, 0.4) is 0 Å². The van der Waals surface area contributed by atoms with Gasteiger partial charge in [0, 0.05) is 40.1 Å². The van der Waals surface area contributed by atoms with Gasteiger partial charge in [-0.15, -0.1) is 11.3 Å². The summed E-state index contributed by atoms with van der Waals surface area (Å²) < 4.78 is 6.37. The average molecular weight is 341 g/mol. The van der Waals surface area contributed by atoms with Gasteiger partial charge in [-0.25, -0.2) is 0 Å². The minimum absolute atomic E-state index is 0.170. The number of thiophene rings is 1. The van der Waals surface area contributed by atoms with Crippen LogP contribution in [-0.2, 0) is 0 Å². The highest BCUT2D eigenvalue weighted by Gasteiger charge is 2.18. The smallest absolute Gasteiger partial charge is 0.120 e. The molecule has 1 unspecified atom stereocenters. The number of ether oxygens (including phenoxy) is 1. The number of halogens is 1. The summed E-state index contributed by atoms with van der Waals surface area (Å²) in [5.41, 5.74) is 7.04. The van der Waals surface area contributed by atoms with Gasteiger partial charge in [-0.1, -0.05) is 6.07 Å². The number of benzene rings is 1. The molecule has 19 heavy (non-hydrogen) atoms. The summed E-state index contributed by atoms with van der Waals surface area (Å²) in [6.45, 7) is 0.570. The number of methoxy groups -OCH3 is 1. The molecule has 0 amide bonds. The zero-order valence-electron chi connectivity index (χ0n) is 11.0. The molecular formula is C14H17BrN2OS. The van der Waals surface area contributed by atoms with E-state index in [2.05, 4.69) is 45.4 Å². The lowest BCUT2D eigenvalue weighted by Crippen LogP contribution is -2.29. The van der Waals surface area contributed by atoms with Crippen LogP contribution in [0.25, 0.3) is 0 Å². The van der Waals surface area contributed by atoms with Gasteiger partial charge in [-0.05, 0) is 34.1 Å². The van der Waals surface area contributed by atoms with Crippen LogP contribution in [0.1, 0.15) is 10.9 Å². The van der Waals surface area contributed by atoms with Crippen LogP contribution in [-0.4, -0.2) is 20.7 Å². The van der Waals surface area contributed by atoms with Crippen LogP contribution in [0.15, 0.2) is 40.2 Å². The first-order valence-corrected chi connectivity index (χ1v) is 7.64. The number of nitrogens with two attached hydrogens (primary N) is 1. The fourth-order valence-corrected chi connectivity index (χ4v) is 3.58. The first-order chi connectivity index (χ1) is 9.15. The van der Waals surface area contributed by atoms with Gasteiger partial charge in [0.25, 0.3) is 0 Å². The van der Waals surface area contributed by atoms with Gasteiger partial charge in [0.2, 0.25) is 0 Å². The highest BCUT2D eigenvalue weighted by Crippen LogP contribution is 2.32. The Morgan fingerprint density at radius 1 is 1.42 bits per heavy atom. The van der Waals surface area contributed by atoms with Crippen molar-refractivity contribution in [1.29, 1.82) is 0 Å². The van der Waals surface area contributed by atoms with Crippen LogP contribution in [0.4, 0.5) is 5.69 Å². The number of nitrogens with zero attached hydrogens (tertiary/aromatic N) is 1. The van der Waals surface area contributed by atoms with E-state index in [9.17, 15) is 0 Å². The zero-order chi connectivity index (χ0) is 13.8. The van der Waals surface area contributed by atoms with Gasteiger partial charge in [-0.2, -0.15) is 0 Å². The van der Waals surface area contributed by atoms with E-state index in [-0.39, 0.29) is 6.04 Å². The van der Waals surface area contributed by atoms with Gasteiger partial charge in [0.1, 0.15) is 5.75 Å². The Labute approximate surface area is 126 Å². The number of hydrogen-bond acceptors (Lipinski definition) is 4. The van der Waals surface area contributed by atoms with E-state index < -0.39 is 0 Å². The highest BCUT2D eigenvalue weighted by molar-refractivity contribution is 9.10. The lowest BCUT2D eigenvalue weighted by Gasteiger charge is -2.28. The standard InChI is InChI=1S/C14H17BrN2OS/c1-17(11-4-3-5-12(7-11)18-2)13(8-16)14-6-10(15)9-19-14/h3-7,9,13H,8,16H2,1-2H3. The number of hydrogen-bond donors (Lipinski definition) is 1. The lowest BCUT2D eigenvalue weighted by molar-refractivity contribution is 0.414. The molecule has 0 aliphatic carbocycles. The van der Waals surface area contributed by atoms with Crippen LogP contribution >= 0.6 is 27.3 Å². The molecule has 1 aromatic carbocycles. The summed E-state index contributed by atoms with van der Waals surface area (Å²) >= 11 is 5.20. The van der Waals surface area contributed by atoms with Crippen molar-refractivity contribution in [3.8, 4) is 5.75 Å². The number of rotatable bonds is 5. The third-order valence-electron chi connectivity index (χ3n) is 3.07. The Bertz CT molecular complexity index is 544. The maximum absolute atomic E-state index is 5.94. The average Bonchev–Trinajstić information content (AvgIpc) is 2.86. The minimum atomic E-state index is 0.170. The summed E-state index contributed by atoms with van der Waals surface area (Å²) in [4.78, 5) is 3.43. The van der Waals surface area contributed by atoms with Crippen LogP contribution in [0.2, 0.25) is 0 Å². The first-order valence-electron chi connectivity index (χ1n) is 5.96. The van der Waals surface area contributed by atoms with Crippen molar-refractivity contribution in [2.75, 3.05) is 25.6 Å². The van der Waals surface area contributed by atoms with E-state index in [0.29, 0.717) is 6.54 Å². The summed E-state index contributed by atoms with van der Waals surface area (Å²) in [5, 5.41) is 2.08. The van der Waals surface area contributed by atoms with Crippen molar-refractivity contribution in [3.63, 3.8) is 0 Å². The molecule has 2 N–H and O–H groups in total. The first kappa shape index (κ1) is 14.4. The topological polar surface area (TPSA) is 38.5 Å². The molecular weight excluding hydrogens is 324 g/mol. The summed E-state index contributed by atoms with van der Waals surface area (Å²) in [7, 11) is 3.73. The molecule has 0 bridgehead atoms. The number of likely N-dealkylation sites (N-methyl/N-ethyl adjacent to an activating group) is 1. The van der Waals surface area contributed by atoms with E-state index in [1.165, 1.54) is 4.88 Å². The van der Waals surface area contributed by atoms with E-state index in [0.717, 1.165) is 15.9 Å². The second-order valence-electron chi connectivity index (χ2n) is 4.23. The zero-order valence-corrected chi connectivity index (χ0v) is 13.4. The Kier molecular flexibility index (Phi) is 4.85. The molecule has 102 valence electrons. The summed E-state index contributed by atoms with van der Waals surface area (Å²) in [6.07, 6.45) is 0. The molecule has 1 heterocycles. The molecule has 0 fully saturated rings. The molecule has 0 spiro atoms. The molecule has 0 saturated heterocycles. The van der Waals surface area contributed by atoms with Crippen molar-refractivity contribution in [1.82, 2.24) is 0 Å². The van der Waals surface area contributed by atoms with Gasteiger partial charge >= 0.3 is 0 Å². The SMILES string of the molecule is COc1cccc(N(C)C(CN)c2cc(Br)cs2)c1. The predicted molar refractivity (Wildman–Crippen MR) is 85.2 cm³/mol. The summed E-state index contributed by atoms with van der Waals surface area (Å²) in [5.74, 6) is 0.854. The highest BCUT2D eigenvalue weighted by atomic mass is 79.9. The number of anilines is 1. The maximum atomic E-state index is 5.94. The molecule has 2 aromatic rings. The maximum Gasteiger partial charge on any atom is 0.120 e. The molecule has 1 aromatic heterocycles. The monoisotopic (exact) mass is 340 g/mol. The molecule has 1 atom stereocenters. The molecule has 0 radical (unpaired) electrons. The van der Waals surface area contributed by atoms with Gasteiger partial charge < -0.3 is 15.4 Å². The second-order valence-corrected chi connectivity index (χ2v) is 6.09. The largest absolute Gasteiger partial charge is 0.497 e. The van der Waals surface area contributed by atoms with Crippen LogP contribution in [0.5, 0.6) is 5.75 Å². The lowest BCUT2D eigenvalue weighted by atomic mass is 10.2. The molecule has 0 aliphatic heterocycles. The Morgan fingerprint density at radius 3 is 2.79 bits per heavy atom. The van der Waals surface area contributed by atoms with E-state index >= 15 is 0 Å². The van der Waals surface area contributed by atoms with Crippen molar-refractivity contribution in [2.45, 2.75) is 6.04 Å². The Hall–Kier alpha value is -1.04. The van der Waals surface area contributed by atoms with Crippen molar-refractivity contribution >= 4 is 33.0 Å². The van der Waals surface area contributed by atoms with Crippen molar-refractivity contribution < 1.29 is 4.74 Å². The molecule has 0 aliphatic rings. The Balaban J connectivity index is 2.27. The minimum Gasteiger partial charge on any atom is -0.497 e. The van der Waals surface area contributed by atoms with Crippen LogP contribution < -0.4 is 15.4 Å². The van der Waals surface area contributed by atoms with Gasteiger partial charge in [0.15, 0.2) is 0 Å². The third-order valence-corrected chi connectivity index (χ3v) is 4.86. The second kappa shape index (κ2) is 6.41. The Morgan fingerprint density at radius 2 is 2.21 bits per heavy atom. The fraction of sp³-hybridized carbons (Fsp3) is 0.286. The molecule has 5 heteroatoms. The molecule has 0 saturated carbocycles. The fourth-order valence-electron chi connectivity index (χ4n) is 1.98. The van der Waals surface area contributed by atoms with Gasteiger partial charge in [-0.3, -0.25) is 0 Å². The van der Waals surface area contributed by atoms with Crippen molar-refractivity contribution in [3.05, 3.63) is 45.1 Å². The van der Waals surface area contributed by atoms with E-state index in [1.54, 1.807) is 18.4 Å². The normalized spacial score (nSPS) is 12.2. The van der Waals surface area contributed by atoms with Gasteiger partial charge in [0.05, 0.1) is 13.2 Å². The van der Waals surface area contributed by atoms with Crippen LogP contribution in [0, 0.1) is 0 Å². The van der Waals surface area contributed by atoms with E-state index in [1.807, 2.05) is 18.2 Å². The van der Waals surface area contributed by atoms with E-state index in [4.69, 9.17) is 10.5 Å². The van der Waals surface area contributed by atoms with Crippen molar-refractivity contribution in [2.24, 2.45) is 5.73 Å². The molecule has 2 rings (SSSR count). The third kappa shape index (κ3) is 3.29. The summed E-state index contributed by atoms with van der Waals surface area (Å²) in [6, 6.07) is 10.3. The predicted octanol–water partition coefficient (Wildman–Crippen LogP) is 3.66. The quantitative estimate of drug-likeness (QED) is 0.902.